The number of hydrogen-bond acceptors (Lipinski definition) is 7. The van der Waals surface area contributed by atoms with E-state index in [2.05, 4.69) is 25.1 Å². The molecule has 4 aromatic heterocycles. The van der Waals surface area contributed by atoms with Crippen LogP contribution in [0.1, 0.15) is 0 Å². The summed E-state index contributed by atoms with van der Waals surface area (Å²) in [7, 11) is -6.11. The van der Waals surface area contributed by atoms with Gasteiger partial charge in [-0.05, 0) is 61.9 Å². The molecule has 49 heavy (non-hydrogen) atoms. The van der Waals surface area contributed by atoms with Gasteiger partial charge in [0.1, 0.15) is 14.3 Å². The molecule has 0 aliphatic heterocycles. The van der Waals surface area contributed by atoms with Crippen molar-refractivity contribution >= 4 is 57.3 Å². The largest absolute Gasteiger partial charge is 0.314 e. The molecule has 0 aliphatic carbocycles. The minimum Gasteiger partial charge on any atom is -0.314 e. The number of nitrogens with zero attached hydrogens (tertiary/aromatic N) is 6. The van der Waals surface area contributed by atoms with Gasteiger partial charge < -0.3 is 9.13 Å². The third-order valence-electron chi connectivity index (χ3n) is 8.99. The molecule has 0 amide bonds. The molecule has 4 aromatic carbocycles. The van der Waals surface area contributed by atoms with Crippen LogP contribution in [0.5, 0.6) is 0 Å². The van der Waals surface area contributed by atoms with E-state index >= 15 is 0 Å². The van der Waals surface area contributed by atoms with E-state index in [9.17, 15) is 9.13 Å². The molecule has 0 aliphatic rings. The Morgan fingerprint density at radius 2 is 1.00 bits per heavy atom. The Labute approximate surface area is 283 Å². The SMILES string of the molecule is CP(=O)(c1cccc(-c2ccccn2)c1)c1ccc2c3ccc(P(C)(=O)c4cccc(-c5ccccn5)c4)cc3n(-c3nccnn3)c2c1. The lowest BCUT2D eigenvalue weighted by molar-refractivity contribution is 0.589. The first-order valence-corrected chi connectivity index (χ1v) is 20.0. The second-order valence-electron chi connectivity index (χ2n) is 12.1. The fraction of sp³-hybridized carbons (Fsp3) is 0.0513. The van der Waals surface area contributed by atoms with E-state index in [1.54, 1.807) is 31.9 Å². The number of benzene rings is 4. The molecular weight excluding hydrogens is 646 g/mol. The molecule has 8 nitrogen and oxygen atoms in total. The van der Waals surface area contributed by atoms with Crippen LogP contribution < -0.4 is 21.2 Å². The van der Waals surface area contributed by atoms with Gasteiger partial charge in [0.05, 0.1) is 34.8 Å². The van der Waals surface area contributed by atoms with Crippen molar-refractivity contribution in [2.45, 2.75) is 0 Å². The van der Waals surface area contributed by atoms with E-state index < -0.39 is 14.3 Å². The highest BCUT2D eigenvalue weighted by Gasteiger charge is 2.27. The van der Waals surface area contributed by atoms with Crippen molar-refractivity contribution in [3.05, 3.63) is 146 Å². The highest BCUT2D eigenvalue weighted by molar-refractivity contribution is 7.78. The van der Waals surface area contributed by atoms with Crippen LogP contribution >= 0.6 is 14.3 Å². The van der Waals surface area contributed by atoms with Gasteiger partial charge in [-0.3, -0.25) is 14.5 Å². The Kier molecular flexibility index (Phi) is 7.63. The van der Waals surface area contributed by atoms with Crippen LogP contribution in [0.15, 0.2) is 146 Å². The van der Waals surface area contributed by atoms with Gasteiger partial charge in [0.25, 0.3) is 5.95 Å². The molecule has 0 N–H and O–H groups in total. The highest BCUT2D eigenvalue weighted by atomic mass is 31.2. The predicted octanol–water partition coefficient (Wildman–Crippen LogP) is 6.98. The number of fused-ring (bicyclic) bond motifs is 3. The van der Waals surface area contributed by atoms with E-state index in [-0.39, 0.29) is 0 Å². The van der Waals surface area contributed by atoms with Crippen molar-refractivity contribution in [2.75, 3.05) is 13.3 Å². The van der Waals surface area contributed by atoms with Crippen LogP contribution in [0.25, 0.3) is 50.3 Å². The maximum Gasteiger partial charge on any atom is 0.254 e. The summed E-state index contributed by atoms with van der Waals surface area (Å²) in [6.07, 6.45) is 6.62. The van der Waals surface area contributed by atoms with E-state index in [0.29, 0.717) is 16.6 Å². The maximum absolute atomic E-state index is 14.7. The molecule has 0 bridgehead atoms. The van der Waals surface area contributed by atoms with Crippen LogP contribution in [0.4, 0.5) is 0 Å². The summed E-state index contributed by atoms with van der Waals surface area (Å²) in [6, 6.07) is 38.8. The van der Waals surface area contributed by atoms with Crippen molar-refractivity contribution in [2.24, 2.45) is 0 Å². The predicted molar refractivity (Wildman–Crippen MR) is 199 cm³/mol. The number of aromatic nitrogens is 6. The molecule has 0 saturated carbocycles. The summed E-state index contributed by atoms with van der Waals surface area (Å²) >= 11 is 0. The van der Waals surface area contributed by atoms with Gasteiger partial charge in [0.15, 0.2) is 0 Å². The molecule has 0 spiro atoms. The van der Waals surface area contributed by atoms with Crippen LogP contribution in [0.3, 0.4) is 0 Å². The van der Waals surface area contributed by atoms with Crippen LogP contribution in [0, 0.1) is 0 Å². The molecule has 8 aromatic rings. The van der Waals surface area contributed by atoms with Gasteiger partial charge in [0, 0.05) is 55.5 Å². The van der Waals surface area contributed by atoms with Gasteiger partial charge in [-0.2, -0.15) is 5.10 Å². The quantitative estimate of drug-likeness (QED) is 0.168. The van der Waals surface area contributed by atoms with E-state index in [0.717, 1.165) is 54.9 Å². The second kappa shape index (κ2) is 12.2. The first-order chi connectivity index (χ1) is 23.8. The summed E-state index contributed by atoms with van der Waals surface area (Å²) in [6.45, 7) is 3.59. The smallest absolute Gasteiger partial charge is 0.254 e. The monoisotopic (exact) mass is 676 g/mol. The van der Waals surface area contributed by atoms with Gasteiger partial charge in [-0.25, -0.2) is 4.98 Å². The molecule has 10 heteroatoms. The highest BCUT2D eigenvalue weighted by Crippen LogP contribution is 2.44. The molecule has 8 rings (SSSR count). The average molecular weight is 677 g/mol. The number of hydrogen-bond donors (Lipinski definition) is 0. The van der Waals surface area contributed by atoms with Gasteiger partial charge in [-0.1, -0.05) is 72.8 Å². The zero-order chi connectivity index (χ0) is 33.6. The fourth-order valence-electron chi connectivity index (χ4n) is 6.31. The summed E-state index contributed by atoms with van der Waals surface area (Å²) in [5, 5.41) is 13.2. The van der Waals surface area contributed by atoms with Crippen LogP contribution in [0.2, 0.25) is 0 Å². The summed E-state index contributed by atoms with van der Waals surface area (Å²) in [5.41, 5.74) is 5.01. The standard InChI is InChI=1S/C39H30N6O2P2/c1-48(46,29-11-7-9-27(23-29)35-13-3-5-19-40-35)31-15-17-33-34-18-16-32(26-38(34)45(37(33)25-31)39-42-21-22-43-44-39)49(2,47)30-12-8-10-28(24-30)36-14-4-6-20-41-36/h3-26H,1-2H3. The Morgan fingerprint density at radius 3 is 1.45 bits per heavy atom. The zero-order valence-electron chi connectivity index (χ0n) is 26.8. The normalized spacial score (nSPS) is 14.0. The second-order valence-corrected chi connectivity index (χ2v) is 17.8. The van der Waals surface area contributed by atoms with Crippen LogP contribution in [-0.2, 0) is 9.13 Å². The lowest BCUT2D eigenvalue weighted by atomic mass is 10.1. The van der Waals surface area contributed by atoms with E-state index in [4.69, 9.17) is 0 Å². The lowest BCUT2D eigenvalue weighted by Crippen LogP contribution is -2.16. The summed E-state index contributed by atoms with van der Waals surface area (Å²) in [5.74, 6) is 0.364. The fourth-order valence-corrected chi connectivity index (χ4v) is 9.87. The molecule has 2 unspecified atom stereocenters. The average Bonchev–Trinajstić information content (AvgIpc) is 3.49. The van der Waals surface area contributed by atoms with Crippen molar-refractivity contribution in [1.29, 1.82) is 0 Å². The van der Waals surface area contributed by atoms with Gasteiger partial charge in [-0.15, -0.1) is 5.10 Å². The van der Waals surface area contributed by atoms with Crippen LogP contribution in [-0.4, -0.2) is 43.0 Å². The van der Waals surface area contributed by atoms with E-state index in [1.807, 2.05) is 126 Å². The van der Waals surface area contributed by atoms with Gasteiger partial charge in [0.2, 0.25) is 0 Å². The van der Waals surface area contributed by atoms with Crippen molar-refractivity contribution < 1.29 is 9.13 Å². The first-order valence-electron chi connectivity index (χ1n) is 15.7. The molecule has 0 fully saturated rings. The van der Waals surface area contributed by atoms with E-state index in [1.165, 1.54) is 6.20 Å². The minimum absolute atomic E-state index is 0.364. The number of rotatable bonds is 7. The maximum atomic E-state index is 14.7. The van der Waals surface area contributed by atoms with Crippen molar-refractivity contribution in [3.8, 4) is 28.5 Å². The zero-order valence-corrected chi connectivity index (χ0v) is 28.5. The molecule has 2 atom stereocenters. The summed E-state index contributed by atoms with van der Waals surface area (Å²) in [4.78, 5) is 13.5. The number of pyridine rings is 2. The Balaban J connectivity index is 1.28. The topological polar surface area (TPSA) is 104 Å². The molecular formula is C39H30N6O2P2. The summed E-state index contributed by atoms with van der Waals surface area (Å²) < 4.78 is 31.2. The Hall–Kier alpha value is -5.55. The van der Waals surface area contributed by atoms with Gasteiger partial charge >= 0.3 is 0 Å². The van der Waals surface area contributed by atoms with Crippen molar-refractivity contribution in [3.63, 3.8) is 0 Å². The minimum atomic E-state index is -3.06. The third-order valence-corrected chi connectivity index (χ3v) is 14.0. The lowest BCUT2D eigenvalue weighted by Gasteiger charge is -2.16. The molecule has 0 radical (unpaired) electrons. The third kappa shape index (κ3) is 5.49. The molecule has 238 valence electrons. The van der Waals surface area contributed by atoms with Crippen molar-refractivity contribution in [1.82, 2.24) is 29.7 Å². The molecule has 4 heterocycles. The first kappa shape index (κ1) is 30.8. The Morgan fingerprint density at radius 1 is 0.490 bits per heavy atom. The Bertz CT molecular complexity index is 2430. The molecule has 0 saturated heterocycles.